The number of fused-ring (bicyclic) bond motifs is 1. The minimum absolute atomic E-state index is 0.0784. The highest BCUT2D eigenvalue weighted by atomic mass is 16.6. The Bertz CT molecular complexity index is 1530. The number of carbonyl (C=O) groups is 3. The molecule has 0 fully saturated rings. The van der Waals surface area contributed by atoms with Gasteiger partial charge in [-0.3, -0.25) is 29.8 Å². The summed E-state index contributed by atoms with van der Waals surface area (Å²) >= 11 is 0. The molecule has 1 N–H and O–H groups in total. The second-order valence-corrected chi connectivity index (χ2v) is 7.65. The van der Waals surface area contributed by atoms with E-state index in [1.165, 1.54) is 35.0 Å². The van der Waals surface area contributed by atoms with Crippen LogP contribution >= 0.6 is 0 Å². The number of aromatic nitrogens is 3. The van der Waals surface area contributed by atoms with Gasteiger partial charge in [0.1, 0.15) is 0 Å². The highest BCUT2D eigenvalue weighted by Gasteiger charge is 2.39. The Labute approximate surface area is 203 Å². The fraction of sp³-hybridized carbons (Fsp3) is 0. The molecular formula is C25H16N6O5. The van der Waals surface area contributed by atoms with Crippen LogP contribution in [0.4, 0.5) is 17.6 Å². The van der Waals surface area contributed by atoms with E-state index < -0.39 is 22.6 Å². The van der Waals surface area contributed by atoms with E-state index in [4.69, 9.17) is 0 Å². The van der Waals surface area contributed by atoms with Crippen LogP contribution in [0.5, 0.6) is 0 Å². The molecule has 0 atom stereocenters. The summed E-state index contributed by atoms with van der Waals surface area (Å²) in [5, 5.41) is 17.7. The number of nitro benzene ring substituents is 1. The zero-order valence-corrected chi connectivity index (χ0v) is 18.4. The van der Waals surface area contributed by atoms with Gasteiger partial charge in [-0.25, -0.2) is 4.90 Å². The monoisotopic (exact) mass is 480 g/mol. The SMILES string of the molecule is O=C(/C=C/c1cccc([N+](=O)[O-])c1)Nc1nc(N2C(=O)c3ccccc3C2=O)n(-c2ccccc2)n1. The van der Waals surface area contributed by atoms with Crippen LogP contribution in [0.3, 0.4) is 0 Å². The lowest BCUT2D eigenvalue weighted by Crippen LogP contribution is -2.32. The quantitative estimate of drug-likeness (QED) is 0.192. The summed E-state index contributed by atoms with van der Waals surface area (Å²) in [6, 6.07) is 21.0. The van der Waals surface area contributed by atoms with Crippen molar-refractivity contribution in [1.82, 2.24) is 14.8 Å². The number of nitrogens with one attached hydrogen (secondary N) is 1. The number of hydrogen-bond donors (Lipinski definition) is 1. The fourth-order valence-corrected chi connectivity index (χ4v) is 3.68. The van der Waals surface area contributed by atoms with E-state index >= 15 is 0 Å². The molecule has 11 heteroatoms. The number of non-ortho nitro benzene ring substituents is 1. The Hall–Kier alpha value is -5.45. The lowest BCUT2D eigenvalue weighted by atomic mass is 10.1. The molecule has 2 heterocycles. The first kappa shape index (κ1) is 22.3. The van der Waals surface area contributed by atoms with Gasteiger partial charge in [0.05, 0.1) is 21.7 Å². The van der Waals surface area contributed by atoms with Gasteiger partial charge in [0.2, 0.25) is 5.95 Å². The molecule has 1 aliphatic rings. The predicted octanol–water partition coefficient (Wildman–Crippen LogP) is 3.63. The van der Waals surface area contributed by atoms with Gasteiger partial charge in [0, 0.05) is 18.2 Å². The van der Waals surface area contributed by atoms with E-state index in [-0.39, 0.29) is 28.7 Å². The highest BCUT2D eigenvalue weighted by molar-refractivity contribution is 6.34. The van der Waals surface area contributed by atoms with Crippen LogP contribution in [0.2, 0.25) is 0 Å². The van der Waals surface area contributed by atoms with Crippen molar-refractivity contribution in [2.75, 3.05) is 10.2 Å². The standard InChI is InChI=1S/C25H16N6O5/c32-21(14-13-16-7-6-10-18(15-16)31(35)36)26-24-27-25(30(28-24)17-8-2-1-3-9-17)29-22(33)19-11-4-5-12-20(19)23(29)34/h1-15H,(H,26,28,32)/b14-13+. The van der Waals surface area contributed by atoms with E-state index in [1.54, 1.807) is 60.7 Å². The number of anilines is 2. The first-order valence-electron chi connectivity index (χ1n) is 10.7. The normalized spacial score (nSPS) is 12.7. The Morgan fingerprint density at radius 3 is 2.25 bits per heavy atom. The van der Waals surface area contributed by atoms with Crippen LogP contribution in [0, 0.1) is 10.1 Å². The number of amides is 3. The average Bonchev–Trinajstić information content (AvgIpc) is 3.41. The molecule has 0 saturated carbocycles. The molecule has 0 bridgehead atoms. The third-order valence-electron chi connectivity index (χ3n) is 5.33. The molecule has 0 aliphatic carbocycles. The molecule has 0 unspecified atom stereocenters. The minimum Gasteiger partial charge on any atom is -0.290 e. The van der Waals surface area contributed by atoms with E-state index in [0.29, 0.717) is 11.3 Å². The molecule has 0 saturated heterocycles. The Kier molecular flexibility index (Phi) is 5.63. The lowest BCUT2D eigenvalue weighted by molar-refractivity contribution is -0.384. The first-order chi connectivity index (χ1) is 17.4. The van der Waals surface area contributed by atoms with Crippen molar-refractivity contribution in [3.63, 3.8) is 0 Å². The smallest absolute Gasteiger partial charge is 0.270 e. The average molecular weight is 480 g/mol. The minimum atomic E-state index is -0.611. The van der Waals surface area contributed by atoms with Crippen LogP contribution in [0.15, 0.2) is 84.9 Å². The number of hydrogen-bond acceptors (Lipinski definition) is 7. The molecule has 1 aliphatic heterocycles. The van der Waals surface area contributed by atoms with Crippen LogP contribution in [0.25, 0.3) is 11.8 Å². The molecule has 5 rings (SSSR count). The van der Waals surface area contributed by atoms with Crippen LogP contribution in [0.1, 0.15) is 26.3 Å². The Morgan fingerprint density at radius 2 is 1.58 bits per heavy atom. The number of rotatable bonds is 6. The van der Waals surface area contributed by atoms with Gasteiger partial charge in [-0.1, -0.05) is 42.5 Å². The molecule has 0 spiro atoms. The number of imide groups is 1. The summed E-state index contributed by atoms with van der Waals surface area (Å²) in [5.41, 5.74) is 1.36. The van der Waals surface area contributed by atoms with Crippen molar-refractivity contribution >= 4 is 41.4 Å². The number of nitro groups is 1. The zero-order valence-electron chi connectivity index (χ0n) is 18.4. The molecule has 176 valence electrons. The Balaban J connectivity index is 1.46. The maximum atomic E-state index is 13.0. The van der Waals surface area contributed by atoms with E-state index in [1.807, 2.05) is 0 Å². The second-order valence-electron chi connectivity index (χ2n) is 7.65. The van der Waals surface area contributed by atoms with E-state index in [2.05, 4.69) is 15.4 Å². The summed E-state index contributed by atoms with van der Waals surface area (Å²) in [6.45, 7) is 0. The molecular weight excluding hydrogens is 464 g/mol. The van der Waals surface area contributed by atoms with Crippen LogP contribution in [-0.2, 0) is 4.79 Å². The second kappa shape index (κ2) is 9.06. The summed E-state index contributed by atoms with van der Waals surface area (Å²) in [4.78, 5) is 54.2. The van der Waals surface area contributed by atoms with Crippen molar-refractivity contribution in [2.45, 2.75) is 0 Å². The number of para-hydroxylation sites is 1. The van der Waals surface area contributed by atoms with Gasteiger partial charge >= 0.3 is 0 Å². The van der Waals surface area contributed by atoms with Gasteiger partial charge in [-0.2, -0.15) is 9.67 Å². The highest BCUT2D eigenvalue weighted by Crippen LogP contribution is 2.29. The maximum absolute atomic E-state index is 13.0. The third-order valence-corrected chi connectivity index (χ3v) is 5.33. The molecule has 11 nitrogen and oxygen atoms in total. The molecule has 4 aromatic rings. The van der Waals surface area contributed by atoms with Crippen molar-refractivity contribution < 1.29 is 19.3 Å². The van der Waals surface area contributed by atoms with Crippen molar-refractivity contribution in [3.8, 4) is 5.69 Å². The van der Waals surface area contributed by atoms with Gasteiger partial charge in [0.25, 0.3) is 29.4 Å². The van der Waals surface area contributed by atoms with Gasteiger partial charge < -0.3 is 0 Å². The van der Waals surface area contributed by atoms with Crippen LogP contribution < -0.4 is 10.2 Å². The van der Waals surface area contributed by atoms with Gasteiger partial charge in [-0.05, 0) is 35.9 Å². The van der Waals surface area contributed by atoms with Gasteiger partial charge in [0.15, 0.2) is 0 Å². The summed E-state index contributed by atoms with van der Waals surface area (Å²) in [6.07, 6.45) is 2.57. The maximum Gasteiger partial charge on any atom is 0.270 e. The van der Waals surface area contributed by atoms with E-state index in [0.717, 1.165) is 4.90 Å². The van der Waals surface area contributed by atoms with Crippen molar-refractivity contribution in [2.24, 2.45) is 0 Å². The fourth-order valence-electron chi connectivity index (χ4n) is 3.68. The predicted molar refractivity (Wildman–Crippen MR) is 130 cm³/mol. The summed E-state index contributed by atoms with van der Waals surface area (Å²) in [7, 11) is 0. The van der Waals surface area contributed by atoms with Crippen LogP contribution in [-0.4, -0.2) is 37.4 Å². The number of benzene rings is 3. The van der Waals surface area contributed by atoms with Crippen molar-refractivity contribution in [3.05, 3.63) is 112 Å². The lowest BCUT2D eigenvalue weighted by Gasteiger charge is -2.13. The number of nitrogens with zero attached hydrogens (tertiary/aromatic N) is 5. The topological polar surface area (TPSA) is 140 Å². The third kappa shape index (κ3) is 4.12. The van der Waals surface area contributed by atoms with Crippen molar-refractivity contribution in [1.29, 1.82) is 0 Å². The molecule has 3 aromatic carbocycles. The largest absolute Gasteiger partial charge is 0.290 e. The molecule has 1 aromatic heterocycles. The molecule has 0 radical (unpaired) electrons. The van der Waals surface area contributed by atoms with E-state index in [9.17, 15) is 24.5 Å². The number of carbonyl (C=O) groups excluding carboxylic acids is 3. The zero-order chi connectivity index (χ0) is 25.2. The summed E-state index contributed by atoms with van der Waals surface area (Å²) in [5.74, 6) is -1.93. The Morgan fingerprint density at radius 1 is 0.917 bits per heavy atom. The molecule has 3 amide bonds. The summed E-state index contributed by atoms with van der Waals surface area (Å²) < 4.78 is 1.29. The molecule has 36 heavy (non-hydrogen) atoms. The first-order valence-corrected chi connectivity index (χ1v) is 10.7. The van der Waals surface area contributed by atoms with Gasteiger partial charge in [-0.15, -0.1) is 5.10 Å².